The van der Waals surface area contributed by atoms with E-state index in [4.69, 9.17) is 14.2 Å². The highest BCUT2D eigenvalue weighted by Gasteiger charge is 2.36. The van der Waals surface area contributed by atoms with Crippen LogP contribution in [0.4, 0.5) is 21.5 Å². The van der Waals surface area contributed by atoms with E-state index in [2.05, 4.69) is 5.32 Å². The molecule has 2 saturated heterocycles. The summed E-state index contributed by atoms with van der Waals surface area (Å²) in [5, 5.41) is 2.74. The van der Waals surface area contributed by atoms with Gasteiger partial charge in [0, 0.05) is 37.8 Å². The molecule has 2 aromatic rings. The first-order valence-electron chi connectivity index (χ1n) is 10.5. The van der Waals surface area contributed by atoms with E-state index in [9.17, 15) is 14.0 Å². The summed E-state index contributed by atoms with van der Waals surface area (Å²) in [6, 6.07) is 9.80. The van der Waals surface area contributed by atoms with Crippen molar-refractivity contribution in [2.75, 3.05) is 62.2 Å². The molecule has 9 heteroatoms. The topological polar surface area (TPSA) is 80.3 Å². The number of hydrogen-bond donors (Lipinski definition) is 1. The molecule has 0 aliphatic carbocycles. The minimum atomic E-state index is -0.569. The highest BCUT2D eigenvalue weighted by Crippen LogP contribution is 2.36. The molecule has 2 aliphatic rings. The van der Waals surface area contributed by atoms with E-state index in [1.54, 1.807) is 30.3 Å². The van der Waals surface area contributed by atoms with Crippen molar-refractivity contribution in [2.24, 2.45) is 5.92 Å². The van der Waals surface area contributed by atoms with Crippen LogP contribution in [0.2, 0.25) is 0 Å². The standard InChI is InChI=1S/C23H26FN3O5/c1-30-17-4-6-21(31-2)20(13-17)27-14-15(11-22(27)28)23(29)25-16-3-5-19(18(24)12-16)26-7-9-32-10-8-26/h3-6,12-13,15H,7-11,14H2,1-2H3,(H,25,29). The lowest BCUT2D eigenvalue weighted by Crippen LogP contribution is -2.36. The van der Waals surface area contributed by atoms with Crippen LogP contribution in [0.5, 0.6) is 11.5 Å². The second-order valence-electron chi connectivity index (χ2n) is 7.70. The summed E-state index contributed by atoms with van der Waals surface area (Å²) in [7, 11) is 3.06. The number of benzene rings is 2. The Balaban J connectivity index is 1.45. The SMILES string of the molecule is COc1ccc(OC)c(N2CC(C(=O)Nc3ccc(N4CCOCC4)c(F)c3)CC2=O)c1. The number of ether oxygens (including phenoxy) is 3. The summed E-state index contributed by atoms with van der Waals surface area (Å²) in [5.41, 5.74) is 1.39. The minimum absolute atomic E-state index is 0.0561. The van der Waals surface area contributed by atoms with Gasteiger partial charge in [0.15, 0.2) is 0 Å². The Kier molecular flexibility index (Phi) is 6.45. The molecule has 1 N–H and O–H groups in total. The number of methoxy groups -OCH3 is 2. The van der Waals surface area contributed by atoms with E-state index in [0.717, 1.165) is 0 Å². The van der Waals surface area contributed by atoms with E-state index in [1.165, 1.54) is 25.2 Å². The number of morpholine rings is 1. The van der Waals surface area contributed by atoms with Gasteiger partial charge in [-0.3, -0.25) is 9.59 Å². The summed E-state index contributed by atoms with van der Waals surface area (Å²) in [6.45, 7) is 2.56. The lowest BCUT2D eigenvalue weighted by Gasteiger charge is -2.29. The molecule has 0 spiro atoms. The van der Waals surface area contributed by atoms with Crippen LogP contribution in [-0.4, -0.2) is 58.9 Å². The fourth-order valence-corrected chi connectivity index (χ4v) is 4.01. The molecule has 32 heavy (non-hydrogen) atoms. The normalized spacial score (nSPS) is 18.6. The predicted molar refractivity (Wildman–Crippen MR) is 118 cm³/mol. The summed E-state index contributed by atoms with van der Waals surface area (Å²) in [5.74, 6) is -0.402. The van der Waals surface area contributed by atoms with Gasteiger partial charge in [0.05, 0.1) is 44.7 Å². The summed E-state index contributed by atoms with van der Waals surface area (Å²) in [6.07, 6.45) is 0.0561. The van der Waals surface area contributed by atoms with Gasteiger partial charge in [-0.05, 0) is 30.3 Å². The Bertz CT molecular complexity index is 1010. The molecule has 2 aromatic carbocycles. The van der Waals surface area contributed by atoms with Gasteiger partial charge in [0.2, 0.25) is 11.8 Å². The molecule has 0 aromatic heterocycles. The van der Waals surface area contributed by atoms with Crippen molar-refractivity contribution in [3.63, 3.8) is 0 Å². The summed E-state index contributed by atoms with van der Waals surface area (Å²) >= 11 is 0. The molecule has 2 aliphatic heterocycles. The van der Waals surface area contributed by atoms with Crippen LogP contribution in [0, 0.1) is 11.7 Å². The van der Waals surface area contributed by atoms with Crippen molar-refractivity contribution in [1.29, 1.82) is 0 Å². The zero-order valence-electron chi connectivity index (χ0n) is 18.1. The Hall–Kier alpha value is -3.33. The van der Waals surface area contributed by atoms with E-state index in [0.29, 0.717) is 54.9 Å². The van der Waals surface area contributed by atoms with Gasteiger partial charge in [-0.1, -0.05) is 0 Å². The Labute approximate surface area is 185 Å². The molecule has 2 amide bonds. The zero-order valence-corrected chi connectivity index (χ0v) is 18.1. The second-order valence-corrected chi connectivity index (χ2v) is 7.70. The fourth-order valence-electron chi connectivity index (χ4n) is 4.01. The van der Waals surface area contributed by atoms with Crippen molar-refractivity contribution in [3.05, 3.63) is 42.2 Å². The predicted octanol–water partition coefficient (Wildman–Crippen LogP) is 2.67. The van der Waals surface area contributed by atoms with Crippen molar-refractivity contribution < 1.29 is 28.2 Å². The molecule has 170 valence electrons. The number of nitrogens with one attached hydrogen (secondary N) is 1. The number of amides is 2. The van der Waals surface area contributed by atoms with Gasteiger partial charge in [-0.25, -0.2) is 4.39 Å². The highest BCUT2D eigenvalue weighted by atomic mass is 19.1. The van der Waals surface area contributed by atoms with Crippen LogP contribution in [0.3, 0.4) is 0 Å². The zero-order chi connectivity index (χ0) is 22.7. The van der Waals surface area contributed by atoms with Crippen molar-refractivity contribution >= 4 is 28.9 Å². The quantitative estimate of drug-likeness (QED) is 0.740. The fraction of sp³-hybridized carbons (Fsp3) is 0.391. The smallest absolute Gasteiger partial charge is 0.229 e. The number of nitrogens with zero attached hydrogens (tertiary/aromatic N) is 2. The van der Waals surface area contributed by atoms with Gasteiger partial charge in [0.1, 0.15) is 17.3 Å². The van der Waals surface area contributed by atoms with E-state index in [-0.39, 0.29) is 24.8 Å². The molecule has 1 atom stereocenters. The minimum Gasteiger partial charge on any atom is -0.497 e. The molecular weight excluding hydrogens is 417 g/mol. The summed E-state index contributed by atoms with van der Waals surface area (Å²) in [4.78, 5) is 28.9. The number of halogens is 1. The van der Waals surface area contributed by atoms with E-state index < -0.39 is 11.7 Å². The first kappa shape index (κ1) is 21.9. The maximum atomic E-state index is 14.6. The van der Waals surface area contributed by atoms with Crippen LogP contribution >= 0.6 is 0 Å². The summed E-state index contributed by atoms with van der Waals surface area (Å²) < 4.78 is 30.6. The Morgan fingerprint density at radius 1 is 1.09 bits per heavy atom. The van der Waals surface area contributed by atoms with Crippen LogP contribution < -0.4 is 24.6 Å². The van der Waals surface area contributed by atoms with E-state index >= 15 is 0 Å². The number of carbonyl (C=O) groups is 2. The number of carbonyl (C=O) groups excluding carboxylic acids is 2. The second kappa shape index (κ2) is 9.44. The molecule has 4 rings (SSSR count). The molecular formula is C23H26FN3O5. The Morgan fingerprint density at radius 3 is 2.56 bits per heavy atom. The molecule has 1 unspecified atom stereocenters. The monoisotopic (exact) mass is 443 g/mol. The molecule has 0 bridgehead atoms. The van der Waals surface area contributed by atoms with Crippen molar-refractivity contribution in [3.8, 4) is 11.5 Å². The first-order chi connectivity index (χ1) is 15.5. The van der Waals surface area contributed by atoms with Crippen LogP contribution in [0.1, 0.15) is 6.42 Å². The third-order valence-corrected chi connectivity index (χ3v) is 5.74. The van der Waals surface area contributed by atoms with Crippen LogP contribution in [0.15, 0.2) is 36.4 Å². The van der Waals surface area contributed by atoms with Crippen LogP contribution in [0.25, 0.3) is 0 Å². The van der Waals surface area contributed by atoms with Gasteiger partial charge in [0.25, 0.3) is 0 Å². The highest BCUT2D eigenvalue weighted by molar-refractivity contribution is 6.04. The van der Waals surface area contributed by atoms with Gasteiger partial charge >= 0.3 is 0 Å². The molecule has 0 radical (unpaired) electrons. The van der Waals surface area contributed by atoms with Crippen LogP contribution in [-0.2, 0) is 14.3 Å². The molecule has 2 fully saturated rings. The molecule has 8 nitrogen and oxygen atoms in total. The third-order valence-electron chi connectivity index (χ3n) is 5.74. The number of rotatable bonds is 6. The van der Waals surface area contributed by atoms with Gasteiger partial charge in [-0.2, -0.15) is 0 Å². The van der Waals surface area contributed by atoms with E-state index in [1.807, 2.05) is 4.90 Å². The molecule has 2 heterocycles. The number of anilines is 3. The first-order valence-corrected chi connectivity index (χ1v) is 10.5. The average Bonchev–Trinajstić information content (AvgIpc) is 3.21. The van der Waals surface area contributed by atoms with Crippen molar-refractivity contribution in [1.82, 2.24) is 0 Å². The van der Waals surface area contributed by atoms with Crippen molar-refractivity contribution in [2.45, 2.75) is 6.42 Å². The Morgan fingerprint density at radius 2 is 1.88 bits per heavy atom. The molecule has 0 saturated carbocycles. The largest absolute Gasteiger partial charge is 0.497 e. The van der Waals surface area contributed by atoms with Gasteiger partial charge in [-0.15, -0.1) is 0 Å². The van der Waals surface area contributed by atoms with Gasteiger partial charge < -0.3 is 29.3 Å². The maximum absolute atomic E-state index is 14.6. The number of hydrogen-bond acceptors (Lipinski definition) is 6. The third kappa shape index (κ3) is 4.47. The average molecular weight is 443 g/mol. The lowest BCUT2D eigenvalue weighted by molar-refractivity contribution is -0.122. The lowest BCUT2D eigenvalue weighted by atomic mass is 10.1. The maximum Gasteiger partial charge on any atom is 0.229 e.